The highest BCUT2D eigenvalue weighted by molar-refractivity contribution is 5.93. The van der Waals surface area contributed by atoms with E-state index in [0.717, 1.165) is 16.2 Å². The summed E-state index contributed by atoms with van der Waals surface area (Å²) in [6, 6.07) is 7.48. The molecule has 0 saturated carbocycles. The molecule has 0 spiro atoms. The number of carbonyl (C=O) groups is 2. The Hall–Kier alpha value is -1.88. The van der Waals surface area contributed by atoms with Gasteiger partial charge in [-0.3, -0.25) is 9.59 Å². The maximum Gasteiger partial charge on any atom is 0.282 e. The van der Waals surface area contributed by atoms with Gasteiger partial charge in [-0.2, -0.15) is 0 Å². The highest BCUT2D eigenvalue weighted by atomic mass is 16.2. The number of hydrogen-bond acceptors (Lipinski definition) is 2. The molecule has 1 rings (SSSR count). The Morgan fingerprint density at radius 3 is 2.48 bits per heavy atom. The van der Waals surface area contributed by atoms with E-state index in [-0.39, 0.29) is 30.4 Å². The first kappa shape index (κ1) is 17.2. The Balaban J connectivity index is 2.55. The normalized spacial score (nSPS) is 13.6. The number of aryl methyl sites for hydroxylation is 1. The number of amides is 2. The predicted octanol–water partition coefficient (Wildman–Crippen LogP) is 0.361. The summed E-state index contributed by atoms with van der Waals surface area (Å²) in [7, 11) is 1.85. The van der Waals surface area contributed by atoms with Gasteiger partial charge in [0, 0.05) is 11.7 Å². The molecule has 0 aromatic heterocycles. The van der Waals surface area contributed by atoms with Crippen molar-refractivity contribution in [2.75, 3.05) is 18.9 Å². The summed E-state index contributed by atoms with van der Waals surface area (Å²) >= 11 is 0. The first-order valence-corrected chi connectivity index (χ1v) is 7.28. The Morgan fingerprint density at radius 2 is 1.90 bits per heavy atom. The maximum absolute atomic E-state index is 12.2. The van der Waals surface area contributed by atoms with Crippen molar-refractivity contribution >= 4 is 17.5 Å². The molecule has 0 saturated heterocycles. The van der Waals surface area contributed by atoms with Crippen molar-refractivity contribution in [3.8, 4) is 0 Å². The van der Waals surface area contributed by atoms with Gasteiger partial charge in [0.1, 0.15) is 0 Å². The van der Waals surface area contributed by atoms with Crippen LogP contribution in [0, 0.1) is 6.92 Å². The molecule has 2 amide bonds. The molecule has 5 heteroatoms. The van der Waals surface area contributed by atoms with Crippen LogP contribution in [-0.4, -0.2) is 37.5 Å². The standard InChI is InChI=1S/C16H25N3O2/c1-11(2)17-15(20)10-19(5)13(4)16(21)18-14-8-6-7-12(3)9-14/h6-9,11,13H,10H2,1-5H3,(H,17,20)(H,18,21)/p+1/t13-/m1/s1. The molecule has 1 aromatic carbocycles. The minimum Gasteiger partial charge on any atom is -0.349 e. The van der Waals surface area contributed by atoms with Crippen molar-refractivity contribution < 1.29 is 14.5 Å². The van der Waals surface area contributed by atoms with Crippen molar-refractivity contribution in [1.29, 1.82) is 0 Å². The number of rotatable bonds is 6. The zero-order valence-corrected chi connectivity index (χ0v) is 13.5. The van der Waals surface area contributed by atoms with Gasteiger partial charge in [-0.1, -0.05) is 12.1 Å². The number of benzene rings is 1. The van der Waals surface area contributed by atoms with Crippen LogP contribution in [0.1, 0.15) is 26.3 Å². The largest absolute Gasteiger partial charge is 0.349 e. The smallest absolute Gasteiger partial charge is 0.282 e. The third-order valence-electron chi connectivity index (χ3n) is 3.31. The molecule has 3 N–H and O–H groups in total. The number of likely N-dealkylation sites (N-methyl/N-ethyl adjacent to an activating group) is 1. The van der Waals surface area contributed by atoms with Crippen molar-refractivity contribution in [2.24, 2.45) is 0 Å². The highest BCUT2D eigenvalue weighted by Gasteiger charge is 2.24. The van der Waals surface area contributed by atoms with Gasteiger partial charge < -0.3 is 15.5 Å². The van der Waals surface area contributed by atoms with E-state index < -0.39 is 0 Å². The second-order valence-electron chi connectivity index (χ2n) is 5.83. The molecule has 0 aliphatic carbocycles. The van der Waals surface area contributed by atoms with Crippen LogP contribution in [0.3, 0.4) is 0 Å². The molecule has 0 bridgehead atoms. The van der Waals surface area contributed by atoms with E-state index in [4.69, 9.17) is 0 Å². The summed E-state index contributed by atoms with van der Waals surface area (Å²) in [6.45, 7) is 7.92. The Bertz CT molecular complexity index is 500. The topological polar surface area (TPSA) is 62.6 Å². The molecule has 0 heterocycles. The fraction of sp³-hybridized carbons (Fsp3) is 0.500. The average molecular weight is 292 g/mol. The van der Waals surface area contributed by atoms with Crippen LogP contribution in [0.4, 0.5) is 5.69 Å². The number of anilines is 1. The van der Waals surface area contributed by atoms with Gasteiger partial charge in [-0.05, 0) is 45.4 Å². The lowest BCUT2D eigenvalue weighted by molar-refractivity contribution is -0.885. The quantitative estimate of drug-likeness (QED) is 0.709. The van der Waals surface area contributed by atoms with E-state index in [1.165, 1.54) is 0 Å². The third kappa shape index (κ3) is 5.95. The molecule has 0 aliphatic rings. The lowest BCUT2D eigenvalue weighted by atomic mass is 10.2. The highest BCUT2D eigenvalue weighted by Crippen LogP contribution is 2.09. The van der Waals surface area contributed by atoms with Gasteiger partial charge in [0.05, 0.1) is 7.05 Å². The van der Waals surface area contributed by atoms with E-state index in [9.17, 15) is 9.59 Å². The van der Waals surface area contributed by atoms with Crippen LogP contribution in [-0.2, 0) is 9.59 Å². The number of hydrogen-bond donors (Lipinski definition) is 3. The minimum absolute atomic E-state index is 0.0438. The fourth-order valence-corrected chi connectivity index (χ4v) is 1.98. The van der Waals surface area contributed by atoms with Crippen LogP contribution in [0.15, 0.2) is 24.3 Å². The molecule has 0 fully saturated rings. The Morgan fingerprint density at radius 1 is 1.24 bits per heavy atom. The van der Waals surface area contributed by atoms with Gasteiger partial charge in [0.25, 0.3) is 11.8 Å². The van der Waals surface area contributed by atoms with Gasteiger partial charge in [0.2, 0.25) is 0 Å². The second kappa shape index (κ2) is 7.78. The second-order valence-corrected chi connectivity index (χ2v) is 5.83. The van der Waals surface area contributed by atoms with Crippen molar-refractivity contribution in [3.05, 3.63) is 29.8 Å². The van der Waals surface area contributed by atoms with Crippen molar-refractivity contribution in [2.45, 2.75) is 39.8 Å². The van der Waals surface area contributed by atoms with Crippen LogP contribution in [0.25, 0.3) is 0 Å². The van der Waals surface area contributed by atoms with E-state index in [2.05, 4.69) is 10.6 Å². The number of nitrogens with one attached hydrogen (secondary N) is 3. The summed E-state index contributed by atoms with van der Waals surface area (Å²) in [5.74, 6) is -0.131. The molecule has 0 aliphatic heterocycles. The molecule has 2 atom stereocenters. The Labute approximate surface area is 126 Å². The van der Waals surface area contributed by atoms with Gasteiger partial charge in [-0.25, -0.2) is 0 Å². The summed E-state index contributed by atoms with van der Waals surface area (Å²) in [4.78, 5) is 24.8. The van der Waals surface area contributed by atoms with Crippen molar-refractivity contribution in [1.82, 2.24) is 5.32 Å². The SMILES string of the molecule is Cc1cccc(NC(=O)[C@@H](C)[NH+](C)CC(=O)NC(C)C)c1. The molecular weight excluding hydrogens is 266 g/mol. The first-order valence-electron chi connectivity index (χ1n) is 7.28. The molecule has 21 heavy (non-hydrogen) atoms. The average Bonchev–Trinajstić information content (AvgIpc) is 2.36. The zero-order valence-electron chi connectivity index (χ0n) is 13.5. The summed E-state index contributed by atoms with van der Waals surface area (Å²) < 4.78 is 0. The zero-order chi connectivity index (χ0) is 16.0. The molecule has 5 nitrogen and oxygen atoms in total. The van der Waals surface area contributed by atoms with E-state index >= 15 is 0 Å². The fourth-order valence-electron chi connectivity index (χ4n) is 1.98. The van der Waals surface area contributed by atoms with E-state index in [0.29, 0.717) is 0 Å². The number of quaternary nitrogens is 1. The van der Waals surface area contributed by atoms with Gasteiger partial charge >= 0.3 is 0 Å². The summed E-state index contributed by atoms with van der Waals surface area (Å²) in [6.07, 6.45) is 0. The van der Waals surface area contributed by atoms with Crippen LogP contribution in [0.2, 0.25) is 0 Å². The van der Waals surface area contributed by atoms with E-state index in [1.54, 1.807) is 0 Å². The maximum atomic E-state index is 12.2. The molecule has 116 valence electrons. The predicted molar refractivity (Wildman–Crippen MR) is 84.3 cm³/mol. The van der Waals surface area contributed by atoms with Crippen LogP contribution in [0.5, 0.6) is 0 Å². The minimum atomic E-state index is -0.302. The van der Waals surface area contributed by atoms with Crippen molar-refractivity contribution in [3.63, 3.8) is 0 Å². The molecule has 0 radical (unpaired) electrons. The lowest BCUT2D eigenvalue weighted by Crippen LogP contribution is -3.15. The van der Waals surface area contributed by atoms with Crippen LogP contribution < -0.4 is 15.5 Å². The Kier molecular flexibility index (Phi) is 6.37. The summed E-state index contributed by atoms with van der Waals surface area (Å²) in [5.41, 5.74) is 1.88. The summed E-state index contributed by atoms with van der Waals surface area (Å²) in [5, 5.41) is 5.72. The van der Waals surface area contributed by atoms with Gasteiger partial charge in [0.15, 0.2) is 12.6 Å². The van der Waals surface area contributed by atoms with E-state index in [1.807, 2.05) is 59.0 Å². The van der Waals surface area contributed by atoms with Crippen LogP contribution >= 0.6 is 0 Å². The monoisotopic (exact) mass is 292 g/mol. The first-order chi connectivity index (χ1) is 9.79. The molecule has 1 unspecified atom stereocenters. The lowest BCUT2D eigenvalue weighted by Gasteiger charge is -2.21. The molecule has 1 aromatic rings. The van der Waals surface area contributed by atoms with Gasteiger partial charge in [-0.15, -0.1) is 0 Å². The number of carbonyl (C=O) groups excluding carboxylic acids is 2. The molecular formula is C16H26N3O2+. The third-order valence-corrected chi connectivity index (χ3v) is 3.31.